The second kappa shape index (κ2) is 6.50. The average molecular weight is 271 g/mol. The van der Waals surface area contributed by atoms with Crippen molar-refractivity contribution in [3.05, 3.63) is 58.9 Å². The molecule has 0 aliphatic rings. The topological polar surface area (TPSA) is 60.2 Å². The van der Waals surface area contributed by atoms with Gasteiger partial charge in [-0.3, -0.25) is 16.3 Å². The number of nitrogens with zero attached hydrogens (tertiary/aromatic N) is 1. The Hall–Kier alpha value is -1.91. The molecule has 4 heteroatoms. The molecule has 4 nitrogen and oxygen atoms in total. The van der Waals surface area contributed by atoms with Gasteiger partial charge in [0.2, 0.25) is 0 Å². The lowest BCUT2D eigenvalue weighted by Crippen LogP contribution is -2.29. The van der Waals surface area contributed by atoms with E-state index in [2.05, 4.69) is 42.5 Å². The number of rotatable bonds is 5. The number of nitrogens with one attached hydrogen (secondary N) is 1. The van der Waals surface area contributed by atoms with Crippen molar-refractivity contribution in [3.8, 4) is 5.75 Å². The average Bonchev–Trinajstić information content (AvgIpc) is 2.48. The highest BCUT2D eigenvalue weighted by atomic mass is 16.5. The van der Waals surface area contributed by atoms with E-state index in [1.807, 2.05) is 12.3 Å². The summed E-state index contributed by atoms with van der Waals surface area (Å²) in [6.45, 7) is 4.22. The van der Waals surface area contributed by atoms with Gasteiger partial charge in [-0.15, -0.1) is 0 Å². The van der Waals surface area contributed by atoms with Gasteiger partial charge in [-0.1, -0.05) is 23.8 Å². The maximum absolute atomic E-state index is 5.71. The zero-order valence-corrected chi connectivity index (χ0v) is 12.2. The number of nitrogens with two attached hydrogens (primary N) is 1. The zero-order valence-electron chi connectivity index (χ0n) is 12.2. The van der Waals surface area contributed by atoms with Crippen LogP contribution in [-0.4, -0.2) is 12.1 Å². The van der Waals surface area contributed by atoms with E-state index in [0.29, 0.717) is 0 Å². The lowest BCUT2D eigenvalue weighted by atomic mass is 9.96. The maximum atomic E-state index is 5.71. The van der Waals surface area contributed by atoms with E-state index in [0.717, 1.165) is 17.7 Å². The van der Waals surface area contributed by atoms with E-state index in [4.69, 9.17) is 10.6 Å². The van der Waals surface area contributed by atoms with Gasteiger partial charge in [0.1, 0.15) is 5.75 Å². The number of methoxy groups -OCH3 is 1. The van der Waals surface area contributed by atoms with Gasteiger partial charge in [0.25, 0.3) is 0 Å². The van der Waals surface area contributed by atoms with Gasteiger partial charge in [-0.25, -0.2) is 0 Å². The molecule has 1 aromatic heterocycles. The van der Waals surface area contributed by atoms with Crippen LogP contribution >= 0.6 is 0 Å². The van der Waals surface area contributed by atoms with Crippen molar-refractivity contribution in [1.29, 1.82) is 0 Å². The van der Waals surface area contributed by atoms with Gasteiger partial charge in [0.05, 0.1) is 19.3 Å². The first-order chi connectivity index (χ1) is 9.63. The van der Waals surface area contributed by atoms with Crippen LogP contribution in [0.2, 0.25) is 0 Å². The van der Waals surface area contributed by atoms with Crippen LogP contribution in [0, 0.1) is 13.8 Å². The number of aromatic nitrogens is 1. The lowest BCUT2D eigenvalue weighted by Gasteiger charge is -2.18. The summed E-state index contributed by atoms with van der Waals surface area (Å²) >= 11 is 0. The van der Waals surface area contributed by atoms with Crippen LogP contribution in [0.15, 0.2) is 36.7 Å². The minimum absolute atomic E-state index is 0.0121. The Morgan fingerprint density at radius 2 is 2.05 bits per heavy atom. The molecule has 1 heterocycles. The zero-order chi connectivity index (χ0) is 14.5. The first-order valence-corrected chi connectivity index (χ1v) is 6.65. The van der Waals surface area contributed by atoms with Crippen LogP contribution in [0.1, 0.15) is 28.3 Å². The summed E-state index contributed by atoms with van der Waals surface area (Å²) in [5.74, 6) is 6.45. The van der Waals surface area contributed by atoms with E-state index in [-0.39, 0.29) is 6.04 Å². The van der Waals surface area contributed by atoms with E-state index in [1.54, 1.807) is 13.3 Å². The van der Waals surface area contributed by atoms with Crippen molar-refractivity contribution >= 4 is 0 Å². The summed E-state index contributed by atoms with van der Waals surface area (Å²) in [4.78, 5) is 4.19. The fourth-order valence-electron chi connectivity index (χ4n) is 2.25. The highest BCUT2D eigenvalue weighted by Crippen LogP contribution is 2.22. The van der Waals surface area contributed by atoms with Gasteiger partial charge in [-0.2, -0.15) is 0 Å². The Labute approximate surface area is 120 Å². The second-order valence-corrected chi connectivity index (χ2v) is 5.01. The number of hydrazine groups is 1. The summed E-state index contributed by atoms with van der Waals surface area (Å²) in [5.41, 5.74) is 7.70. The molecular weight excluding hydrogens is 250 g/mol. The third-order valence-corrected chi connectivity index (χ3v) is 3.50. The predicted octanol–water partition coefficient (Wildman–Crippen LogP) is 2.45. The van der Waals surface area contributed by atoms with Gasteiger partial charge >= 0.3 is 0 Å². The summed E-state index contributed by atoms with van der Waals surface area (Å²) in [5, 5.41) is 0. The molecule has 106 valence electrons. The molecule has 0 radical (unpaired) electrons. The Morgan fingerprint density at radius 1 is 1.25 bits per heavy atom. The van der Waals surface area contributed by atoms with Gasteiger partial charge in [-0.05, 0) is 43.0 Å². The molecule has 20 heavy (non-hydrogen) atoms. The van der Waals surface area contributed by atoms with Gasteiger partial charge < -0.3 is 4.74 Å². The molecule has 0 fully saturated rings. The molecule has 0 amide bonds. The molecule has 1 unspecified atom stereocenters. The van der Waals surface area contributed by atoms with Gasteiger partial charge in [0, 0.05) is 6.20 Å². The molecule has 3 N–H and O–H groups in total. The third kappa shape index (κ3) is 3.35. The minimum Gasteiger partial charge on any atom is -0.495 e. The molecule has 2 aromatic rings. The van der Waals surface area contributed by atoms with Gasteiger partial charge in [0.15, 0.2) is 0 Å². The molecule has 1 aromatic carbocycles. The molecule has 0 aliphatic carbocycles. The number of pyridine rings is 1. The highest BCUT2D eigenvalue weighted by Gasteiger charge is 2.13. The standard InChI is InChI=1S/C16H21N3O/c1-11-4-5-12(2)13(6-11)8-16(19-17)14-7-15(20-3)10-18-9-14/h4-7,9-10,16,19H,8,17H2,1-3H3. The second-order valence-electron chi connectivity index (χ2n) is 5.01. The van der Waals surface area contributed by atoms with Crippen LogP contribution in [0.3, 0.4) is 0 Å². The van der Waals surface area contributed by atoms with Crippen LogP contribution in [0.4, 0.5) is 0 Å². The SMILES string of the molecule is COc1cncc(C(Cc2cc(C)ccc2C)NN)c1. The Morgan fingerprint density at radius 3 is 2.75 bits per heavy atom. The molecule has 1 atom stereocenters. The largest absolute Gasteiger partial charge is 0.495 e. The van der Waals surface area contributed by atoms with E-state index >= 15 is 0 Å². The van der Waals surface area contributed by atoms with Crippen molar-refractivity contribution in [3.63, 3.8) is 0 Å². The number of aryl methyl sites for hydroxylation is 2. The Balaban J connectivity index is 2.26. The highest BCUT2D eigenvalue weighted by molar-refractivity contribution is 5.33. The lowest BCUT2D eigenvalue weighted by molar-refractivity contribution is 0.410. The van der Waals surface area contributed by atoms with Crippen LogP contribution < -0.4 is 16.0 Å². The fourth-order valence-corrected chi connectivity index (χ4v) is 2.25. The minimum atomic E-state index is 0.0121. The molecular formula is C16H21N3O. The molecule has 2 rings (SSSR count). The first-order valence-electron chi connectivity index (χ1n) is 6.65. The first kappa shape index (κ1) is 14.5. The molecule has 0 saturated heterocycles. The smallest absolute Gasteiger partial charge is 0.137 e. The summed E-state index contributed by atoms with van der Waals surface area (Å²) < 4.78 is 5.21. The number of hydrogen-bond acceptors (Lipinski definition) is 4. The molecule has 0 saturated carbocycles. The third-order valence-electron chi connectivity index (χ3n) is 3.50. The molecule has 0 bridgehead atoms. The van der Waals surface area contributed by atoms with Crippen molar-refractivity contribution in [2.24, 2.45) is 5.84 Å². The van der Waals surface area contributed by atoms with Crippen molar-refractivity contribution in [1.82, 2.24) is 10.4 Å². The Kier molecular flexibility index (Phi) is 4.71. The van der Waals surface area contributed by atoms with Crippen molar-refractivity contribution in [2.75, 3.05) is 7.11 Å². The van der Waals surface area contributed by atoms with Crippen molar-refractivity contribution < 1.29 is 4.74 Å². The normalized spacial score (nSPS) is 12.2. The van der Waals surface area contributed by atoms with Crippen molar-refractivity contribution in [2.45, 2.75) is 26.3 Å². The van der Waals surface area contributed by atoms with E-state index < -0.39 is 0 Å². The number of benzene rings is 1. The summed E-state index contributed by atoms with van der Waals surface area (Å²) in [7, 11) is 1.64. The monoisotopic (exact) mass is 271 g/mol. The quantitative estimate of drug-likeness (QED) is 0.648. The summed E-state index contributed by atoms with van der Waals surface area (Å²) in [6.07, 6.45) is 4.33. The van der Waals surface area contributed by atoms with E-state index in [9.17, 15) is 0 Å². The van der Waals surface area contributed by atoms with E-state index in [1.165, 1.54) is 16.7 Å². The predicted molar refractivity (Wildman–Crippen MR) is 80.5 cm³/mol. The van der Waals surface area contributed by atoms with Crippen LogP contribution in [0.25, 0.3) is 0 Å². The van der Waals surface area contributed by atoms with Crippen LogP contribution in [-0.2, 0) is 6.42 Å². The maximum Gasteiger partial charge on any atom is 0.137 e. The van der Waals surface area contributed by atoms with Crippen LogP contribution in [0.5, 0.6) is 5.75 Å². The Bertz CT molecular complexity index is 584. The molecule has 0 spiro atoms. The molecule has 0 aliphatic heterocycles. The fraction of sp³-hybridized carbons (Fsp3) is 0.312. The number of hydrogen-bond donors (Lipinski definition) is 2. The summed E-state index contributed by atoms with van der Waals surface area (Å²) in [6, 6.07) is 8.44. The number of ether oxygens (including phenoxy) is 1.